The quantitative estimate of drug-likeness (QED) is 0.427. The van der Waals surface area contributed by atoms with E-state index < -0.39 is 0 Å². The molecule has 0 aliphatic heterocycles. The summed E-state index contributed by atoms with van der Waals surface area (Å²) in [7, 11) is 0. The molecule has 0 aliphatic carbocycles. The molecule has 0 aliphatic rings. The minimum Gasteiger partial charge on any atom is -0.398 e. The molecule has 92 valence electrons. The van der Waals surface area contributed by atoms with Crippen molar-refractivity contribution >= 4 is 61.6 Å². The van der Waals surface area contributed by atoms with Gasteiger partial charge in [-0.3, -0.25) is 4.79 Å². The van der Waals surface area contributed by atoms with Crippen LogP contribution in [0.5, 0.6) is 0 Å². The lowest BCUT2D eigenvalue weighted by atomic mass is 10.0. The first-order chi connectivity index (χ1) is 8.49. The lowest BCUT2D eigenvalue weighted by Gasteiger charge is -2.06. The third kappa shape index (κ3) is 2.87. The third-order valence-electron chi connectivity index (χ3n) is 2.44. The minimum absolute atomic E-state index is 0.0670. The van der Waals surface area contributed by atoms with E-state index in [0.717, 1.165) is 3.57 Å². The van der Waals surface area contributed by atoms with Crippen molar-refractivity contribution in [3.8, 4) is 0 Å². The van der Waals surface area contributed by atoms with Crippen LogP contribution in [0.15, 0.2) is 40.9 Å². The standard InChI is InChI=1S/C13H8BrClINO/c14-10-5-7(1-4-12(10)17)13(18)9-6-8(15)2-3-11(9)16/h1-6H,17H2. The highest BCUT2D eigenvalue weighted by Gasteiger charge is 2.14. The summed E-state index contributed by atoms with van der Waals surface area (Å²) in [5.74, 6) is -0.0670. The van der Waals surface area contributed by atoms with Gasteiger partial charge in [-0.25, -0.2) is 0 Å². The van der Waals surface area contributed by atoms with Crippen LogP contribution in [0.4, 0.5) is 5.69 Å². The summed E-state index contributed by atoms with van der Waals surface area (Å²) in [5.41, 5.74) is 7.48. The Morgan fingerprint density at radius 2 is 1.94 bits per heavy atom. The smallest absolute Gasteiger partial charge is 0.194 e. The molecule has 2 rings (SSSR count). The zero-order valence-corrected chi connectivity index (χ0v) is 13.6. The lowest BCUT2D eigenvalue weighted by Crippen LogP contribution is -2.04. The SMILES string of the molecule is Nc1ccc(C(=O)c2cc(Cl)ccc2I)cc1Br. The van der Waals surface area contributed by atoms with Crippen molar-refractivity contribution in [2.24, 2.45) is 0 Å². The molecule has 0 saturated carbocycles. The monoisotopic (exact) mass is 435 g/mol. The molecule has 18 heavy (non-hydrogen) atoms. The first-order valence-electron chi connectivity index (χ1n) is 5.04. The van der Waals surface area contributed by atoms with Gasteiger partial charge in [-0.05, 0) is 74.9 Å². The average molecular weight is 436 g/mol. The number of carbonyl (C=O) groups excluding carboxylic acids is 1. The summed E-state index contributed by atoms with van der Waals surface area (Å²) >= 11 is 11.4. The Bertz CT molecular complexity index is 630. The highest BCUT2D eigenvalue weighted by molar-refractivity contribution is 14.1. The molecular weight excluding hydrogens is 428 g/mol. The largest absolute Gasteiger partial charge is 0.398 e. The molecule has 0 heterocycles. The summed E-state index contributed by atoms with van der Waals surface area (Å²) in [6.07, 6.45) is 0. The molecule has 0 amide bonds. The van der Waals surface area contributed by atoms with E-state index in [-0.39, 0.29) is 5.78 Å². The Balaban J connectivity index is 2.47. The minimum atomic E-state index is -0.0670. The second-order valence-electron chi connectivity index (χ2n) is 3.69. The fourth-order valence-corrected chi connectivity index (χ4v) is 2.63. The Labute approximate surface area is 132 Å². The molecule has 0 unspecified atom stereocenters. The molecule has 0 spiro atoms. The number of hydrogen-bond donors (Lipinski definition) is 1. The molecule has 2 aromatic rings. The number of nitrogen functional groups attached to an aromatic ring is 1. The van der Waals surface area contributed by atoms with Gasteiger partial charge in [0, 0.05) is 29.9 Å². The van der Waals surface area contributed by atoms with E-state index in [4.69, 9.17) is 17.3 Å². The van der Waals surface area contributed by atoms with E-state index in [9.17, 15) is 4.79 Å². The van der Waals surface area contributed by atoms with E-state index in [1.807, 2.05) is 6.07 Å². The molecule has 0 atom stereocenters. The molecule has 0 bridgehead atoms. The van der Waals surface area contributed by atoms with E-state index in [1.165, 1.54) is 0 Å². The number of benzene rings is 2. The van der Waals surface area contributed by atoms with Crippen LogP contribution in [-0.4, -0.2) is 5.78 Å². The van der Waals surface area contributed by atoms with Gasteiger partial charge in [0.25, 0.3) is 0 Å². The highest BCUT2D eigenvalue weighted by atomic mass is 127. The second-order valence-corrected chi connectivity index (χ2v) is 6.14. The Morgan fingerprint density at radius 1 is 1.22 bits per heavy atom. The maximum absolute atomic E-state index is 12.4. The van der Waals surface area contributed by atoms with Crippen LogP contribution in [0.1, 0.15) is 15.9 Å². The molecule has 2 N–H and O–H groups in total. The third-order valence-corrected chi connectivity index (χ3v) is 4.30. The van der Waals surface area contributed by atoms with Crippen molar-refractivity contribution < 1.29 is 4.79 Å². The molecule has 0 aromatic heterocycles. The van der Waals surface area contributed by atoms with Crippen LogP contribution in [0, 0.1) is 3.57 Å². The van der Waals surface area contributed by atoms with Gasteiger partial charge >= 0.3 is 0 Å². The van der Waals surface area contributed by atoms with Crippen molar-refractivity contribution in [1.29, 1.82) is 0 Å². The number of carbonyl (C=O) groups is 1. The summed E-state index contributed by atoms with van der Waals surface area (Å²) in [4.78, 5) is 12.4. The number of rotatable bonds is 2. The lowest BCUT2D eigenvalue weighted by molar-refractivity contribution is 0.103. The molecular formula is C13H8BrClINO. The Kier molecular flexibility index (Phi) is 4.29. The molecule has 5 heteroatoms. The normalized spacial score (nSPS) is 10.4. The number of nitrogens with two attached hydrogens (primary N) is 1. The van der Waals surface area contributed by atoms with Crippen LogP contribution < -0.4 is 5.73 Å². The molecule has 2 aromatic carbocycles. The van der Waals surface area contributed by atoms with Gasteiger partial charge in [0.2, 0.25) is 0 Å². The fraction of sp³-hybridized carbons (Fsp3) is 0. The molecule has 0 radical (unpaired) electrons. The topological polar surface area (TPSA) is 43.1 Å². The maximum Gasteiger partial charge on any atom is 0.194 e. The zero-order valence-electron chi connectivity index (χ0n) is 9.08. The van der Waals surface area contributed by atoms with Gasteiger partial charge in [0.1, 0.15) is 0 Å². The van der Waals surface area contributed by atoms with Gasteiger partial charge in [0.05, 0.1) is 0 Å². The Morgan fingerprint density at radius 3 is 2.61 bits per heavy atom. The van der Waals surface area contributed by atoms with Crippen LogP contribution in [0.25, 0.3) is 0 Å². The van der Waals surface area contributed by atoms with Crippen molar-refractivity contribution in [2.45, 2.75) is 0 Å². The van der Waals surface area contributed by atoms with Crippen LogP contribution in [0.2, 0.25) is 5.02 Å². The predicted octanol–water partition coefficient (Wildman–Crippen LogP) is 4.52. The van der Waals surface area contributed by atoms with Gasteiger partial charge in [0.15, 0.2) is 5.78 Å². The van der Waals surface area contributed by atoms with Crippen LogP contribution in [0.3, 0.4) is 0 Å². The summed E-state index contributed by atoms with van der Waals surface area (Å²) in [6, 6.07) is 10.4. The average Bonchev–Trinajstić information content (AvgIpc) is 2.35. The number of hydrogen-bond acceptors (Lipinski definition) is 2. The molecule has 2 nitrogen and oxygen atoms in total. The van der Waals surface area contributed by atoms with Gasteiger partial charge in [-0.1, -0.05) is 11.6 Å². The van der Waals surface area contributed by atoms with Crippen molar-refractivity contribution in [3.63, 3.8) is 0 Å². The first kappa shape index (κ1) is 13.8. The summed E-state index contributed by atoms with van der Waals surface area (Å²) in [5, 5.41) is 0.549. The summed E-state index contributed by atoms with van der Waals surface area (Å²) in [6.45, 7) is 0. The highest BCUT2D eigenvalue weighted by Crippen LogP contribution is 2.25. The Hall–Kier alpha value is -0.590. The van der Waals surface area contributed by atoms with Gasteiger partial charge < -0.3 is 5.73 Å². The van der Waals surface area contributed by atoms with Crippen LogP contribution in [-0.2, 0) is 0 Å². The molecule has 0 saturated heterocycles. The second kappa shape index (κ2) is 5.59. The maximum atomic E-state index is 12.4. The van der Waals surface area contributed by atoms with E-state index in [0.29, 0.717) is 26.3 Å². The van der Waals surface area contributed by atoms with Crippen molar-refractivity contribution in [2.75, 3.05) is 5.73 Å². The van der Waals surface area contributed by atoms with E-state index >= 15 is 0 Å². The predicted molar refractivity (Wildman–Crippen MR) is 86.2 cm³/mol. The first-order valence-corrected chi connectivity index (χ1v) is 7.29. The van der Waals surface area contributed by atoms with Gasteiger partial charge in [-0.2, -0.15) is 0 Å². The number of halogens is 3. The zero-order chi connectivity index (χ0) is 13.3. The van der Waals surface area contributed by atoms with Crippen molar-refractivity contribution in [1.82, 2.24) is 0 Å². The van der Waals surface area contributed by atoms with Gasteiger partial charge in [-0.15, -0.1) is 0 Å². The van der Waals surface area contributed by atoms with E-state index in [1.54, 1.807) is 30.3 Å². The fourth-order valence-electron chi connectivity index (χ4n) is 1.50. The van der Waals surface area contributed by atoms with E-state index in [2.05, 4.69) is 38.5 Å². The number of anilines is 1. The summed E-state index contributed by atoms with van der Waals surface area (Å²) < 4.78 is 1.58. The van der Waals surface area contributed by atoms with Crippen LogP contribution >= 0.6 is 50.1 Å². The number of ketones is 1. The van der Waals surface area contributed by atoms with Crippen molar-refractivity contribution in [3.05, 3.63) is 60.6 Å². The molecule has 0 fully saturated rings.